The van der Waals surface area contributed by atoms with Gasteiger partial charge >= 0.3 is 0 Å². The van der Waals surface area contributed by atoms with Crippen molar-refractivity contribution in [3.63, 3.8) is 0 Å². The van der Waals surface area contributed by atoms with Crippen molar-refractivity contribution in [3.05, 3.63) is 87.1 Å². The van der Waals surface area contributed by atoms with E-state index in [2.05, 4.69) is 30.5 Å². The molecule has 0 spiro atoms. The SMILES string of the molecule is Clc1ccnc(CC2CN(Cc3cc(Cl)ccn3)NN(Cc3cc(Cl)ccn3)C2)c1. The fourth-order valence-electron chi connectivity index (χ4n) is 3.61. The van der Waals surface area contributed by atoms with Crippen molar-refractivity contribution in [2.75, 3.05) is 13.1 Å². The van der Waals surface area contributed by atoms with Gasteiger partial charge in [0.25, 0.3) is 0 Å². The molecule has 1 aliphatic rings. The smallest absolute Gasteiger partial charge is 0.0573 e. The molecule has 156 valence electrons. The third-order valence-electron chi connectivity index (χ3n) is 4.78. The van der Waals surface area contributed by atoms with Gasteiger partial charge in [-0.05, 0) is 48.7 Å². The third-order valence-corrected chi connectivity index (χ3v) is 5.48. The molecule has 3 aromatic heterocycles. The van der Waals surface area contributed by atoms with Gasteiger partial charge in [0.1, 0.15) is 0 Å². The highest BCUT2D eigenvalue weighted by Crippen LogP contribution is 2.20. The summed E-state index contributed by atoms with van der Waals surface area (Å²) in [5, 5.41) is 6.34. The molecule has 4 heterocycles. The van der Waals surface area contributed by atoms with E-state index in [9.17, 15) is 0 Å². The van der Waals surface area contributed by atoms with Crippen molar-refractivity contribution in [3.8, 4) is 0 Å². The van der Waals surface area contributed by atoms with Gasteiger partial charge in [-0.15, -0.1) is 0 Å². The lowest BCUT2D eigenvalue weighted by Gasteiger charge is -2.40. The van der Waals surface area contributed by atoms with Crippen LogP contribution in [-0.4, -0.2) is 38.1 Å². The molecule has 1 aliphatic heterocycles. The van der Waals surface area contributed by atoms with Crippen LogP contribution in [0, 0.1) is 5.92 Å². The van der Waals surface area contributed by atoms with Crippen LogP contribution in [0.1, 0.15) is 17.1 Å². The number of halogens is 3. The first-order valence-electron chi connectivity index (χ1n) is 9.61. The zero-order valence-electron chi connectivity index (χ0n) is 16.2. The van der Waals surface area contributed by atoms with Crippen LogP contribution >= 0.6 is 34.8 Å². The molecule has 0 bridgehead atoms. The number of pyridine rings is 3. The Morgan fingerprint density at radius 1 is 0.733 bits per heavy atom. The molecule has 4 rings (SSSR count). The zero-order valence-corrected chi connectivity index (χ0v) is 18.4. The summed E-state index contributed by atoms with van der Waals surface area (Å²) in [5.41, 5.74) is 6.25. The third kappa shape index (κ3) is 6.11. The minimum atomic E-state index is 0.343. The number of nitrogens with one attached hydrogen (secondary N) is 1. The van der Waals surface area contributed by atoms with Gasteiger partial charge in [-0.1, -0.05) is 34.8 Å². The zero-order chi connectivity index (χ0) is 20.9. The number of rotatable bonds is 6. The van der Waals surface area contributed by atoms with E-state index in [-0.39, 0.29) is 0 Å². The normalized spacial score (nSPS) is 16.1. The van der Waals surface area contributed by atoms with Crippen molar-refractivity contribution in [1.82, 2.24) is 30.5 Å². The number of hydrogen-bond acceptors (Lipinski definition) is 6. The summed E-state index contributed by atoms with van der Waals surface area (Å²) in [6, 6.07) is 11.0. The molecule has 0 saturated carbocycles. The summed E-state index contributed by atoms with van der Waals surface area (Å²) in [6.45, 7) is 2.92. The van der Waals surface area contributed by atoms with E-state index in [0.29, 0.717) is 34.1 Å². The summed E-state index contributed by atoms with van der Waals surface area (Å²) in [4.78, 5) is 13.3. The molecule has 0 amide bonds. The first kappa shape index (κ1) is 21.4. The predicted octanol–water partition coefficient (Wildman–Crippen LogP) is 4.43. The van der Waals surface area contributed by atoms with E-state index < -0.39 is 0 Å². The molecule has 6 nitrogen and oxygen atoms in total. The minimum Gasteiger partial charge on any atom is -0.261 e. The van der Waals surface area contributed by atoms with E-state index in [4.69, 9.17) is 34.8 Å². The summed E-state index contributed by atoms with van der Waals surface area (Å²) >= 11 is 18.4. The van der Waals surface area contributed by atoms with Crippen LogP contribution in [0.5, 0.6) is 0 Å². The molecule has 0 unspecified atom stereocenters. The molecule has 0 radical (unpaired) electrons. The highest BCUT2D eigenvalue weighted by molar-refractivity contribution is 6.31. The predicted molar refractivity (Wildman–Crippen MR) is 119 cm³/mol. The van der Waals surface area contributed by atoms with Gasteiger partial charge in [0.05, 0.1) is 24.5 Å². The van der Waals surface area contributed by atoms with E-state index in [1.165, 1.54) is 0 Å². The Bertz CT molecular complexity index is 869. The first-order chi connectivity index (χ1) is 14.5. The van der Waals surface area contributed by atoms with Crippen LogP contribution in [0.25, 0.3) is 0 Å². The second-order valence-corrected chi connectivity index (χ2v) is 8.64. The maximum atomic E-state index is 6.15. The average molecular weight is 464 g/mol. The number of aromatic nitrogens is 3. The molecule has 1 saturated heterocycles. The Balaban J connectivity index is 1.50. The minimum absolute atomic E-state index is 0.343. The summed E-state index contributed by atoms with van der Waals surface area (Å²) in [5.74, 6) is 0.343. The van der Waals surface area contributed by atoms with Crippen LogP contribution in [0.15, 0.2) is 55.0 Å². The summed E-state index contributed by atoms with van der Waals surface area (Å²) in [6.07, 6.45) is 6.02. The lowest BCUT2D eigenvalue weighted by Crippen LogP contribution is -2.58. The monoisotopic (exact) mass is 462 g/mol. The Hall–Kier alpha value is -1.80. The topological polar surface area (TPSA) is 57.2 Å². The van der Waals surface area contributed by atoms with E-state index in [1.54, 1.807) is 36.8 Å². The van der Waals surface area contributed by atoms with Crippen molar-refractivity contribution < 1.29 is 0 Å². The average Bonchev–Trinajstić information content (AvgIpc) is 2.68. The molecule has 1 N–H and O–H groups in total. The van der Waals surface area contributed by atoms with Gasteiger partial charge < -0.3 is 0 Å². The molecule has 1 fully saturated rings. The number of hydrogen-bond donors (Lipinski definition) is 1. The molecule has 0 atom stereocenters. The molecule has 30 heavy (non-hydrogen) atoms. The van der Waals surface area contributed by atoms with Crippen LogP contribution in [-0.2, 0) is 19.5 Å². The number of nitrogens with zero attached hydrogens (tertiary/aromatic N) is 5. The van der Waals surface area contributed by atoms with Gasteiger partial charge in [-0.25, -0.2) is 10.0 Å². The molecular weight excluding hydrogens is 443 g/mol. The summed E-state index contributed by atoms with van der Waals surface area (Å²) in [7, 11) is 0. The van der Waals surface area contributed by atoms with Gasteiger partial charge in [0.15, 0.2) is 0 Å². The molecule has 9 heteroatoms. The van der Waals surface area contributed by atoms with Gasteiger partial charge in [0, 0.05) is 52.4 Å². The van der Waals surface area contributed by atoms with Crippen molar-refractivity contribution >= 4 is 34.8 Å². The number of hydrazine groups is 2. The lowest BCUT2D eigenvalue weighted by molar-refractivity contribution is -0.0553. The van der Waals surface area contributed by atoms with E-state index >= 15 is 0 Å². The Kier molecular flexibility index (Phi) is 7.15. The highest BCUT2D eigenvalue weighted by atomic mass is 35.5. The lowest BCUT2D eigenvalue weighted by atomic mass is 10.0. The summed E-state index contributed by atoms with van der Waals surface area (Å²) < 4.78 is 0. The van der Waals surface area contributed by atoms with E-state index in [0.717, 1.165) is 36.6 Å². The van der Waals surface area contributed by atoms with Crippen molar-refractivity contribution in [2.24, 2.45) is 5.92 Å². The van der Waals surface area contributed by atoms with Crippen LogP contribution < -0.4 is 5.53 Å². The van der Waals surface area contributed by atoms with Gasteiger partial charge in [-0.3, -0.25) is 15.0 Å². The van der Waals surface area contributed by atoms with Crippen molar-refractivity contribution in [2.45, 2.75) is 19.5 Å². The Morgan fingerprint density at radius 3 is 1.63 bits per heavy atom. The molecular formula is C21H21Cl3N6. The highest BCUT2D eigenvalue weighted by Gasteiger charge is 2.26. The second kappa shape index (κ2) is 10.0. The van der Waals surface area contributed by atoms with Crippen LogP contribution in [0.4, 0.5) is 0 Å². The second-order valence-electron chi connectivity index (χ2n) is 7.33. The Labute approximate surface area is 190 Å². The quantitative estimate of drug-likeness (QED) is 0.584. The molecule has 3 aromatic rings. The van der Waals surface area contributed by atoms with Gasteiger partial charge in [-0.2, -0.15) is 5.53 Å². The fourth-order valence-corrected chi connectivity index (χ4v) is 4.16. The van der Waals surface area contributed by atoms with Crippen molar-refractivity contribution in [1.29, 1.82) is 0 Å². The standard InChI is InChI=1S/C21H21Cl3N6/c22-16-1-4-25-19(8-16)7-15-11-29(13-20-9-17(23)2-5-26-20)28-30(12-15)14-21-10-18(24)3-6-27-21/h1-6,8-10,15,28H,7,11-14H2. The van der Waals surface area contributed by atoms with Crippen LogP contribution in [0.3, 0.4) is 0 Å². The Morgan fingerprint density at radius 2 is 1.17 bits per heavy atom. The first-order valence-corrected chi connectivity index (χ1v) is 10.7. The molecule has 0 aromatic carbocycles. The fraction of sp³-hybridized carbons (Fsp3) is 0.286. The van der Waals surface area contributed by atoms with Gasteiger partial charge in [0.2, 0.25) is 0 Å². The maximum absolute atomic E-state index is 6.15. The molecule has 0 aliphatic carbocycles. The van der Waals surface area contributed by atoms with Crippen LogP contribution in [0.2, 0.25) is 15.1 Å². The largest absolute Gasteiger partial charge is 0.261 e. The van der Waals surface area contributed by atoms with E-state index in [1.807, 2.05) is 18.2 Å². The maximum Gasteiger partial charge on any atom is 0.0573 e.